The van der Waals surface area contributed by atoms with Gasteiger partial charge in [0.05, 0.1) is 19.4 Å². The molecular formula is C17H22N4O6. The summed E-state index contributed by atoms with van der Waals surface area (Å²) in [6.07, 6.45) is 3.10. The number of amides is 3. The number of hydrogen-bond donors (Lipinski definition) is 3. The summed E-state index contributed by atoms with van der Waals surface area (Å²) in [5.41, 5.74) is 7.76. The van der Waals surface area contributed by atoms with Gasteiger partial charge in [0.25, 0.3) is 5.91 Å². The lowest BCUT2D eigenvalue weighted by atomic mass is 10.2. The fraction of sp³-hybridized carbons (Fsp3) is 0.412. The Labute approximate surface area is 156 Å². The molecule has 0 unspecified atom stereocenters. The maximum Gasteiger partial charge on any atom is 0.329 e. The Hall–Kier alpha value is -3.14. The second-order valence-electron chi connectivity index (χ2n) is 5.71. The van der Waals surface area contributed by atoms with Crippen LogP contribution in [-0.4, -0.2) is 56.9 Å². The first-order valence-electron chi connectivity index (χ1n) is 8.31. The number of benzene rings is 1. The molecule has 1 heterocycles. The first-order valence-corrected chi connectivity index (χ1v) is 8.31. The summed E-state index contributed by atoms with van der Waals surface area (Å²) < 4.78 is 15.7. The van der Waals surface area contributed by atoms with Crippen molar-refractivity contribution in [2.45, 2.75) is 18.9 Å². The topological polar surface area (TPSA) is 141 Å². The summed E-state index contributed by atoms with van der Waals surface area (Å²) in [6.45, 7) is 0.688. The molecule has 1 aliphatic rings. The van der Waals surface area contributed by atoms with Crippen LogP contribution in [0, 0.1) is 0 Å². The fourth-order valence-electron chi connectivity index (χ4n) is 2.34. The van der Waals surface area contributed by atoms with Crippen molar-refractivity contribution in [1.29, 1.82) is 0 Å². The Kier molecular flexibility index (Phi) is 7.56. The van der Waals surface area contributed by atoms with Crippen molar-refractivity contribution in [3.63, 3.8) is 0 Å². The highest BCUT2D eigenvalue weighted by atomic mass is 16.5. The smallest absolute Gasteiger partial charge is 0.329 e. The Bertz CT molecular complexity index is 715. The fourth-order valence-corrected chi connectivity index (χ4v) is 2.34. The van der Waals surface area contributed by atoms with Crippen molar-refractivity contribution in [2.75, 3.05) is 26.9 Å². The SMILES string of the molecule is COc1cc(/C=N\NC(=O)C(=O)NC[C@@H]2CCCO2)ccc1OCC(N)=O. The molecule has 27 heavy (non-hydrogen) atoms. The van der Waals surface area contributed by atoms with Gasteiger partial charge in [0.1, 0.15) is 0 Å². The number of carbonyl (C=O) groups is 3. The molecule has 1 aromatic carbocycles. The van der Waals surface area contributed by atoms with Crippen LogP contribution in [0.2, 0.25) is 0 Å². The number of hydrogen-bond acceptors (Lipinski definition) is 7. The zero-order valence-corrected chi connectivity index (χ0v) is 14.9. The maximum absolute atomic E-state index is 11.7. The third-order valence-electron chi connectivity index (χ3n) is 3.66. The molecule has 4 N–H and O–H groups in total. The standard InChI is InChI=1S/C17H22N4O6/c1-25-14-7-11(4-5-13(14)27-10-15(18)22)8-20-21-17(24)16(23)19-9-12-3-2-6-26-12/h4-5,7-8,12H,2-3,6,9-10H2,1H3,(H2,18,22)(H,19,23)(H,21,24)/b20-8-/t12-/m0/s1. The monoisotopic (exact) mass is 378 g/mol. The van der Waals surface area contributed by atoms with E-state index < -0.39 is 17.7 Å². The highest BCUT2D eigenvalue weighted by Crippen LogP contribution is 2.27. The van der Waals surface area contributed by atoms with Crippen LogP contribution in [0.4, 0.5) is 0 Å². The van der Waals surface area contributed by atoms with E-state index in [1.54, 1.807) is 18.2 Å². The Morgan fingerprint density at radius 3 is 2.81 bits per heavy atom. The van der Waals surface area contributed by atoms with Crippen LogP contribution in [0.1, 0.15) is 18.4 Å². The predicted molar refractivity (Wildman–Crippen MR) is 95.4 cm³/mol. The summed E-state index contributed by atoms with van der Waals surface area (Å²) in [7, 11) is 1.44. The molecule has 0 radical (unpaired) electrons. The molecule has 0 bridgehead atoms. The number of nitrogens with two attached hydrogens (primary N) is 1. The van der Waals surface area contributed by atoms with Gasteiger partial charge >= 0.3 is 11.8 Å². The molecular weight excluding hydrogens is 356 g/mol. The van der Waals surface area contributed by atoms with Gasteiger partial charge in [-0.05, 0) is 36.6 Å². The summed E-state index contributed by atoms with van der Waals surface area (Å²) in [6, 6.07) is 4.79. The number of rotatable bonds is 8. The van der Waals surface area contributed by atoms with Gasteiger partial charge in [-0.25, -0.2) is 5.43 Å². The molecule has 10 heteroatoms. The van der Waals surface area contributed by atoms with E-state index in [1.807, 2.05) is 0 Å². The maximum atomic E-state index is 11.7. The van der Waals surface area contributed by atoms with Crippen LogP contribution in [0.25, 0.3) is 0 Å². The minimum atomic E-state index is -0.877. The molecule has 146 valence electrons. The van der Waals surface area contributed by atoms with E-state index in [-0.39, 0.29) is 12.7 Å². The van der Waals surface area contributed by atoms with E-state index in [9.17, 15) is 14.4 Å². The molecule has 0 aliphatic carbocycles. The van der Waals surface area contributed by atoms with E-state index >= 15 is 0 Å². The van der Waals surface area contributed by atoms with Crippen LogP contribution in [0.15, 0.2) is 23.3 Å². The summed E-state index contributed by atoms with van der Waals surface area (Å²) >= 11 is 0. The normalized spacial score (nSPS) is 16.1. The largest absolute Gasteiger partial charge is 0.493 e. The number of hydrazone groups is 1. The van der Waals surface area contributed by atoms with Crippen LogP contribution in [0.3, 0.4) is 0 Å². The van der Waals surface area contributed by atoms with Crippen LogP contribution < -0.4 is 25.9 Å². The molecule has 0 aromatic heterocycles. The van der Waals surface area contributed by atoms with Gasteiger partial charge in [-0.1, -0.05) is 0 Å². The Balaban J connectivity index is 1.84. The first kappa shape index (κ1) is 20.2. The van der Waals surface area contributed by atoms with Gasteiger partial charge in [-0.3, -0.25) is 14.4 Å². The van der Waals surface area contributed by atoms with Gasteiger partial charge in [0.2, 0.25) is 0 Å². The third kappa shape index (κ3) is 6.59. The summed E-state index contributed by atoms with van der Waals surface area (Å²) in [4.78, 5) is 34.2. The molecule has 0 spiro atoms. The minimum absolute atomic E-state index is 0.0481. The second-order valence-corrected chi connectivity index (χ2v) is 5.71. The highest BCUT2D eigenvalue weighted by molar-refractivity contribution is 6.35. The molecule has 1 aromatic rings. The molecule has 1 aliphatic heterocycles. The van der Waals surface area contributed by atoms with E-state index in [2.05, 4.69) is 15.8 Å². The number of nitrogens with zero attached hydrogens (tertiary/aromatic N) is 1. The lowest BCUT2D eigenvalue weighted by Crippen LogP contribution is -2.41. The number of primary amides is 1. The van der Waals surface area contributed by atoms with Crippen molar-refractivity contribution in [3.8, 4) is 11.5 Å². The van der Waals surface area contributed by atoms with E-state index in [4.69, 9.17) is 19.9 Å². The first-order chi connectivity index (χ1) is 13.0. The third-order valence-corrected chi connectivity index (χ3v) is 3.66. The molecule has 2 rings (SSSR count). The lowest BCUT2D eigenvalue weighted by Gasteiger charge is -2.10. The van der Waals surface area contributed by atoms with Crippen LogP contribution in [-0.2, 0) is 19.1 Å². The average molecular weight is 378 g/mol. The molecule has 3 amide bonds. The number of carbonyl (C=O) groups excluding carboxylic acids is 3. The van der Waals surface area contributed by atoms with Gasteiger partial charge in [-0.15, -0.1) is 0 Å². The number of methoxy groups -OCH3 is 1. The number of nitrogens with one attached hydrogen (secondary N) is 2. The zero-order valence-electron chi connectivity index (χ0n) is 14.9. The second kappa shape index (κ2) is 10.1. The van der Waals surface area contributed by atoms with Crippen molar-refractivity contribution < 1.29 is 28.6 Å². The molecule has 10 nitrogen and oxygen atoms in total. The zero-order chi connectivity index (χ0) is 19.6. The van der Waals surface area contributed by atoms with Crippen molar-refractivity contribution in [1.82, 2.24) is 10.7 Å². The summed E-state index contributed by atoms with van der Waals surface area (Å²) in [5, 5.41) is 6.23. The van der Waals surface area contributed by atoms with E-state index in [0.29, 0.717) is 30.2 Å². The highest BCUT2D eigenvalue weighted by Gasteiger charge is 2.18. The van der Waals surface area contributed by atoms with Crippen LogP contribution in [0.5, 0.6) is 11.5 Å². The van der Waals surface area contributed by atoms with E-state index in [0.717, 1.165) is 12.8 Å². The molecule has 0 saturated carbocycles. The Morgan fingerprint density at radius 2 is 2.15 bits per heavy atom. The van der Waals surface area contributed by atoms with Gasteiger partial charge in [0.15, 0.2) is 18.1 Å². The van der Waals surface area contributed by atoms with Crippen molar-refractivity contribution in [3.05, 3.63) is 23.8 Å². The average Bonchev–Trinajstić information content (AvgIpc) is 3.18. The minimum Gasteiger partial charge on any atom is -0.493 e. The van der Waals surface area contributed by atoms with Crippen molar-refractivity contribution >= 4 is 23.9 Å². The predicted octanol–water partition coefficient (Wildman–Crippen LogP) is -0.695. The van der Waals surface area contributed by atoms with Gasteiger partial charge < -0.3 is 25.3 Å². The molecule has 1 atom stereocenters. The Morgan fingerprint density at radius 1 is 1.33 bits per heavy atom. The van der Waals surface area contributed by atoms with Gasteiger partial charge in [-0.2, -0.15) is 5.10 Å². The van der Waals surface area contributed by atoms with E-state index in [1.165, 1.54) is 13.3 Å². The van der Waals surface area contributed by atoms with Gasteiger partial charge in [0, 0.05) is 13.2 Å². The number of ether oxygens (including phenoxy) is 3. The summed E-state index contributed by atoms with van der Waals surface area (Å²) in [5.74, 6) is -1.57. The molecule has 1 fully saturated rings. The molecule has 1 saturated heterocycles. The quantitative estimate of drug-likeness (QED) is 0.310. The lowest BCUT2D eigenvalue weighted by molar-refractivity contribution is -0.139. The van der Waals surface area contributed by atoms with Crippen LogP contribution >= 0.6 is 0 Å². The van der Waals surface area contributed by atoms with Crippen molar-refractivity contribution in [2.24, 2.45) is 10.8 Å².